The van der Waals surface area contributed by atoms with E-state index in [0.29, 0.717) is 22.6 Å². The molecule has 0 saturated carbocycles. The van der Waals surface area contributed by atoms with E-state index >= 15 is 0 Å². The van der Waals surface area contributed by atoms with Crippen molar-refractivity contribution in [1.29, 1.82) is 0 Å². The van der Waals surface area contributed by atoms with Crippen molar-refractivity contribution in [1.82, 2.24) is 0 Å². The monoisotopic (exact) mass is 542 g/mol. The van der Waals surface area contributed by atoms with Crippen LogP contribution < -0.4 is 9.47 Å². The molecule has 0 aliphatic heterocycles. The third-order valence-corrected chi connectivity index (χ3v) is 5.64. The van der Waals surface area contributed by atoms with Crippen LogP contribution in [0.3, 0.4) is 0 Å². The van der Waals surface area contributed by atoms with Gasteiger partial charge in [0.25, 0.3) is 0 Å². The van der Waals surface area contributed by atoms with Crippen LogP contribution >= 0.6 is 0 Å². The number of phenols is 2. The lowest BCUT2D eigenvalue weighted by molar-refractivity contribution is 0.0382. The van der Waals surface area contributed by atoms with Gasteiger partial charge in [-0.2, -0.15) is 0 Å². The molecule has 4 aromatic rings. The van der Waals surface area contributed by atoms with Gasteiger partial charge in [-0.25, -0.2) is 4.79 Å². The van der Waals surface area contributed by atoms with Gasteiger partial charge < -0.3 is 29.2 Å². The van der Waals surface area contributed by atoms with Crippen molar-refractivity contribution >= 4 is 17.7 Å². The third kappa shape index (κ3) is 7.38. The zero-order valence-electron chi connectivity index (χ0n) is 21.3. The first kappa shape index (κ1) is 27.7. The maximum absolute atomic E-state index is 12.5. The molecule has 4 rings (SSSR count). The van der Waals surface area contributed by atoms with Crippen molar-refractivity contribution in [3.05, 3.63) is 119 Å². The second-order valence-corrected chi connectivity index (χ2v) is 8.39. The van der Waals surface area contributed by atoms with Crippen LogP contribution in [0.25, 0.3) is 0 Å². The molecule has 0 saturated heterocycles. The van der Waals surface area contributed by atoms with Crippen LogP contribution in [-0.4, -0.2) is 54.4 Å². The van der Waals surface area contributed by atoms with Gasteiger partial charge in [0.05, 0.1) is 11.1 Å². The number of carbonyl (C=O) groups is 3. The number of aromatic hydroxyl groups is 2. The fourth-order valence-electron chi connectivity index (χ4n) is 3.69. The molecule has 0 aromatic heterocycles. The Kier molecular flexibility index (Phi) is 9.34. The smallest absolute Gasteiger partial charge is 0.507 e. The Morgan fingerprint density at radius 1 is 0.525 bits per heavy atom. The SMILES string of the molecule is O=C(OCCOc1ccc(C(=O)c2ccccc2)c(O)c1)OCCOc1ccc(C(=O)c2ccccc2)c(O)c1. The topological polar surface area (TPSA) is 129 Å². The van der Waals surface area contributed by atoms with E-state index in [0.717, 1.165) is 0 Å². The molecule has 0 atom stereocenters. The summed E-state index contributed by atoms with van der Waals surface area (Å²) in [6, 6.07) is 25.8. The molecule has 0 spiro atoms. The molecule has 0 radical (unpaired) electrons. The van der Waals surface area contributed by atoms with Gasteiger partial charge >= 0.3 is 6.16 Å². The summed E-state index contributed by atoms with van der Waals surface area (Å²) in [5, 5.41) is 20.4. The van der Waals surface area contributed by atoms with Crippen LogP contribution in [0.2, 0.25) is 0 Å². The van der Waals surface area contributed by atoms with Crippen molar-refractivity contribution in [2.24, 2.45) is 0 Å². The van der Waals surface area contributed by atoms with E-state index in [2.05, 4.69) is 0 Å². The summed E-state index contributed by atoms with van der Waals surface area (Å²) in [6.07, 6.45) is -0.925. The van der Waals surface area contributed by atoms with E-state index in [1.54, 1.807) is 60.7 Å². The van der Waals surface area contributed by atoms with Crippen LogP contribution in [0.4, 0.5) is 4.79 Å². The minimum absolute atomic E-state index is 0.00958. The third-order valence-electron chi connectivity index (χ3n) is 5.64. The highest BCUT2D eigenvalue weighted by molar-refractivity contribution is 6.11. The summed E-state index contributed by atoms with van der Waals surface area (Å²) in [6.45, 7) is -0.249. The maximum atomic E-state index is 12.5. The highest BCUT2D eigenvalue weighted by Crippen LogP contribution is 2.27. The highest BCUT2D eigenvalue weighted by Gasteiger charge is 2.15. The van der Waals surface area contributed by atoms with Crippen LogP contribution in [0.1, 0.15) is 31.8 Å². The highest BCUT2D eigenvalue weighted by atomic mass is 16.7. The standard InChI is InChI=1S/C31H26O9/c32-27-19-23(11-13-25(27)29(34)21-7-3-1-4-8-21)37-15-17-39-31(36)40-18-16-38-24-12-14-26(28(33)20-24)30(35)22-9-5-2-6-10-22/h1-14,19-20,32-33H,15-18H2. The number of rotatable bonds is 12. The predicted molar refractivity (Wildman–Crippen MR) is 144 cm³/mol. The summed E-state index contributed by atoms with van der Waals surface area (Å²) in [5.41, 5.74) is 1.20. The Balaban J connectivity index is 1.14. The lowest BCUT2D eigenvalue weighted by Crippen LogP contribution is -2.16. The van der Waals surface area contributed by atoms with Gasteiger partial charge in [0, 0.05) is 23.3 Å². The summed E-state index contributed by atoms with van der Waals surface area (Å²) in [5.74, 6) is -0.479. The zero-order chi connectivity index (χ0) is 28.3. The number of carbonyl (C=O) groups excluding carboxylic acids is 3. The molecule has 0 bridgehead atoms. The molecule has 0 unspecified atom stereocenters. The Bertz CT molecular complexity index is 1360. The first-order chi connectivity index (χ1) is 19.4. The summed E-state index contributed by atoms with van der Waals surface area (Å²) < 4.78 is 20.8. The quantitative estimate of drug-likeness (QED) is 0.141. The number of benzene rings is 4. The Morgan fingerprint density at radius 2 is 0.925 bits per heavy atom. The van der Waals surface area contributed by atoms with E-state index in [9.17, 15) is 24.6 Å². The zero-order valence-corrected chi connectivity index (χ0v) is 21.3. The number of phenolic OH excluding ortho intramolecular Hbond substituents is 2. The summed E-state index contributed by atoms with van der Waals surface area (Å²) in [4.78, 5) is 36.8. The average molecular weight is 543 g/mol. The van der Waals surface area contributed by atoms with E-state index in [4.69, 9.17) is 18.9 Å². The molecule has 4 aromatic carbocycles. The fraction of sp³-hybridized carbons (Fsp3) is 0.129. The predicted octanol–water partition coefficient (Wildman–Crippen LogP) is 5.17. The maximum Gasteiger partial charge on any atom is 0.508 e. The molecular formula is C31H26O9. The van der Waals surface area contributed by atoms with Crippen LogP contribution in [0, 0.1) is 0 Å². The number of hydrogen-bond donors (Lipinski definition) is 2. The molecule has 9 heteroatoms. The number of ether oxygens (including phenoxy) is 4. The van der Waals surface area contributed by atoms with E-state index < -0.39 is 6.16 Å². The number of hydrogen-bond acceptors (Lipinski definition) is 9. The molecule has 9 nitrogen and oxygen atoms in total. The van der Waals surface area contributed by atoms with Gasteiger partial charge in [0.15, 0.2) is 11.6 Å². The first-order valence-electron chi connectivity index (χ1n) is 12.3. The molecule has 204 valence electrons. The largest absolute Gasteiger partial charge is 0.508 e. The molecule has 0 amide bonds. The Hall–Kier alpha value is -5.31. The first-order valence-corrected chi connectivity index (χ1v) is 12.3. The van der Waals surface area contributed by atoms with Crippen molar-refractivity contribution < 1.29 is 43.5 Å². The summed E-state index contributed by atoms with van der Waals surface area (Å²) >= 11 is 0. The van der Waals surface area contributed by atoms with Gasteiger partial charge in [-0.3, -0.25) is 9.59 Å². The van der Waals surface area contributed by atoms with Crippen LogP contribution in [0.15, 0.2) is 97.1 Å². The molecule has 0 fully saturated rings. The van der Waals surface area contributed by atoms with Crippen molar-refractivity contribution in [3.63, 3.8) is 0 Å². The Labute approximate surface area is 230 Å². The van der Waals surface area contributed by atoms with Gasteiger partial charge in [0.2, 0.25) is 0 Å². The van der Waals surface area contributed by atoms with Gasteiger partial charge in [-0.05, 0) is 24.3 Å². The molecule has 2 N–H and O–H groups in total. The molecule has 0 aliphatic rings. The lowest BCUT2D eigenvalue weighted by Gasteiger charge is -2.11. The molecule has 0 aliphatic carbocycles. The van der Waals surface area contributed by atoms with Crippen LogP contribution in [-0.2, 0) is 9.47 Å². The molecule has 40 heavy (non-hydrogen) atoms. The minimum atomic E-state index is -0.925. The average Bonchev–Trinajstić information content (AvgIpc) is 2.98. The minimum Gasteiger partial charge on any atom is -0.507 e. The number of ketones is 2. The fourth-order valence-corrected chi connectivity index (χ4v) is 3.69. The van der Waals surface area contributed by atoms with Gasteiger partial charge in [-0.1, -0.05) is 60.7 Å². The van der Waals surface area contributed by atoms with Gasteiger partial charge in [-0.15, -0.1) is 0 Å². The second kappa shape index (κ2) is 13.5. The van der Waals surface area contributed by atoms with E-state index in [1.165, 1.54) is 36.4 Å². The van der Waals surface area contributed by atoms with E-state index in [1.807, 2.05) is 0 Å². The Morgan fingerprint density at radius 3 is 1.30 bits per heavy atom. The van der Waals surface area contributed by atoms with Crippen molar-refractivity contribution in [3.8, 4) is 23.0 Å². The van der Waals surface area contributed by atoms with Crippen molar-refractivity contribution in [2.45, 2.75) is 0 Å². The lowest BCUT2D eigenvalue weighted by atomic mass is 10.0. The normalized spacial score (nSPS) is 10.4. The summed E-state index contributed by atoms with van der Waals surface area (Å²) in [7, 11) is 0. The van der Waals surface area contributed by atoms with Gasteiger partial charge in [0.1, 0.15) is 49.4 Å². The second-order valence-electron chi connectivity index (χ2n) is 8.39. The van der Waals surface area contributed by atoms with E-state index in [-0.39, 0.29) is 60.6 Å². The molecular weight excluding hydrogens is 516 g/mol. The van der Waals surface area contributed by atoms with Crippen molar-refractivity contribution in [2.75, 3.05) is 26.4 Å². The van der Waals surface area contributed by atoms with Crippen LogP contribution in [0.5, 0.6) is 23.0 Å². The molecule has 0 heterocycles.